The predicted octanol–water partition coefficient (Wildman–Crippen LogP) is -4.90. The number of ketones is 1. The van der Waals surface area contributed by atoms with Crippen LogP contribution in [0.5, 0.6) is 0 Å². The molecule has 0 aliphatic carbocycles. The number of carbonyl (C=O) groups is 15. The molecule has 1 aromatic carbocycles. The molecule has 92 heavy (non-hydrogen) atoms. The first-order valence-electron chi connectivity index (χ1n) is 28.4. The molecule has 1 aromatic rings. The number of benzene rings is 1. The third-order valence-corrected chi connectivity index (χ3v) is 18.3. The van der Waals surface area contributed by atoms with Crippen LogP contribution >= 0.6 is 0 Å². The molecule has 0 aromatic heterocycles. The van der Waals surface area contributed by atoms with Gasteiger partial charge in [-0.3, -0.25) is 43.2 Å². The summed E-state index contributed by atoms with van der Waals surface area (Å²) in [5.74, 6) is -6.95. The first-order chi connectivity index (χ1) is 43.2. The van der Waals surface area contributed by atoms with Gasteiger partial charge in [0.1, 0.15) is 42.8 Å². The van der Waals surface area contributed by atoms with Crippen molar-refractivity contribution in [2.45, 2.75) is 132 Å². The van der Waals surface area contributed by atoms with Crippen LogP contribution in [-0.4, -0.2) is 270 Å². The van der Waals surface area contributed by atoms with E-state index in [0.29, 0.717) is 25.5 Å². The molecule has 6 heterocycles. The highest BCUT2D eigenvalue weighted by Crippen LogP contribution is 2.28. The molecule has 0 spiro atoms. The normalized spacial score (nSPS) is 20.8. The smallest absolute Gasteiger partial charge is 0.354 e. The van der Waals surface area contributed by atoms with E-state index < -0.39 is 145 Å². The zero-order valence-electron chi connectivity index (χ0n) is 50.2. The Hall–Kier alpha value is -8.84. The summed E-state index contributed by atoms with van der Waals surface area (Å²) < 4.78 is 74.3. The maximum Gasteiger partial charge on any atom is 0.354 e. The molecular weight excluding hydrogens is 1290 g/mol. The molecule has 7 rings (SSSR count). The van der Waals surface area contributed by atoms with E-state index in [1.807, 2.05) is 0 Å². The molecule has 6 aliphatic heterocycles. The Morgan fingerprint density at radius 3 is 1.18 bits per heavy atom. The molecule has 6 atom stereocenters. The van der Waals surface area contributed by atoms with Gasteiger partial charge in [0, 0.05) is 79.0 Å². The molecule has 0 bridgehead atoms. The summed E-state index contributed by atoms with van der Waals surface area (Å²) in [5, 5.41) is 32.8. The monoisotopic (exact) mass is 1360 g/mol. The van der Waals surface area contributed by atoms with Gasteiger partial charge in [0.2, 0.25) is 45.5 Å². The zero-order valence-corrected chi connectivity index (χ0v) is 52.6. The van der Waals surface area contributed by atoms with Crippen molar-refractivity contribution in [3.8, 4) is 0 Å². The molecule has 0 radical (unpaired) electrons. The van der Waals surface area contributed by atoms with Crippen LogP contribution in [0, 0.1) is 0 Å². The van der Waals surface area contributed by atoms with Gasteiger partial charge in [-0.2, -0.15) is 12.7 Å². The van der Waals surface area contributed by atoms with E-state index in [2.05, 4.69) is 30.4 Å². The number of carbonyl (C=O) groups excluding carboxylic acids is 13. The van der Waals surface area contributed by atoms with Crippen LogP contribution in [0.3, 0.4) is 0 Å². The van der Waals surface area contributed by atoms with E-state index in [1.165, 1.54) is 52.2 Å². The number of rotatable bonds is 24. The molecule has 6 saturated heterocycles. The van der Waals surface area contributed by atoms with Crippen molar-refractivity contribution < 1.29 is 107 Å². The van der Waals surface area contributed by atoms with Crippen LogP contribution in [0.15, 0.2) is 35.2 Å². The lowest BCUT2D eigenvalue weighted by molar-refractivity contribution is -0.156. The Bertz CT molecular complexity index is 3360. The van der Waals surface area contributed by atoms with Gasteiger partial charge < -0.3 is 40.5 Å². The lowest BCUT2D eigenvalue weighted by Gasteiger charge is -2.43. The largest absolute Gasteiger partial charge is 0.481 e. The number of nitrogens with zero attached hydrogens (tertiary/aromatic N) is 10. The van der Waals surface area contributed by atoms with Crippen molar-refractivity contribution >= 4 is 120 Å². The molecule has 6 fully saturated rings. The Morgan fingerprint density at radius 2 is 0.870 bits per heavy atom. The van der Waals surface area contributed by atoms with E-state index in [4.69, 9.17) is 10.2 Å². The maximum absolute atomic E-state index is 13.3. The van der Waals surface area contributed by atoms with Crippen molar-refractivity contribution in [2.75, 3.05) is 59.1 Å². The molecule has 0 unspecified atom stereocenters. The molecule has 0 saturated carbocycles. The van der Waals surface area contributed by atoms with Crippen molar-refractivity contribution in [3.63, 3.8) is 0 Å². The number of carboxylic acids is 2. The number of aliphatic carboxylic acids is 2. The number of aldehydes is 3. The molecule has 42 heteroatoms. The van der Waals surface area contributed by atoms with Crippen molar-refractivity contribution in [1.29, 1.82) is 0 Å². The number of hydrogen-bond acceptors (Lipinski definition) is 21. The Morgan fingerprint density at radius 1 is 0.533 bits per heavy atom. The fourth-order valence-corrected chi connectivity index (χ4v) is 12.1. The summed E-state index contributed by atoms with van der Waals surface area (Å²) in [6, 6.07) is -2.71. The number of amides is 12. The Kier molecular flexibility index (Phi) is 26.1. The Balaban J connectivity index is 0.000000251. The fourth-order valence-electron chi connectivity index (χ4n) is 9.76. The Labute approximate surface area is 527 Å². The SMILES string of the molecule is CC(=O)C[C@@H](C=O)NC(=O)[C@@H]1CCCN2C(=O)CCN(NS(=O)(=O)N(C)C)C(=O)N12.CCS(=O)(=O)NN1CCC(=O)N2CCC[C@@H](C(=O)N[C@H](C=O)CC(=O)O)N2C1=O.O=C[C@H](CC(=O)O)NC(=O)[C@@H]1CCCN2C(=O)CCN(NS(=O)(=O)c3ccccc3)C(=O)N12. The second-order valence-corrected chi connectivity index (χ2v) is 26.8. The molecule has 8 N–H and O–H groups in total. The maximum atomic E-state index is 13.3. The third-order valence-electron chi connectivity index (χ3n) is 14.3. The standard InChI is InChI=1S/C19H23N5O8S.C16H26N6O7S.C15H23N5O8S/c25-12-13(11-17(27)28)20-18(29)15-7-4-9-23-16(26)8-10-22(19(30)24(15)23)21-33(31,32)14-5-2-1-3-6-14;1-11(24)9-12(10-23)17-15(26)13-5-4-7-21-14(25)6-8-20(16(27)22(13)21)18-30(28,29)19(2)3;1-2-29(27,28)17-18-7-5-12(22)19-6-3-4-11(20(19)15(18)26)14(25)16-10(9-21)8-13(23)24/h1-3,5-6,12-13,15,21H,4,7-11H2,(H,20,29)(H,27,28);10,12-13,18H,4-9H2,1-3H3,(H,17,26);9-11,17H,2-8H2,1H3,(H,16,25)(H,23,24)/t13-,15-;12-,13-;10-,11-/m000/s1. The highest BCUT2D eigenvalue weighted by molar-refractivity contribution is 7.89. The minimum Gasteiger partial charge on any atom is -0.481 e. The second kappa shape index (κ2) is 32.4. The summed E-state index contributed by atoms with van der Waals surface area (Å²) in [4.78, 5) is 188. The number of nitrogens with one attached hydrogen (secondary N) is 6. The highest BCUT2D eigenvalue weighted by atomic mass is 32.2. The van der Waals surface area contributed by atoms with Crippen LogP contribution in [0.2, 0.25) is 0 Å². The van der Waals surface area contributed by atoms with E-state index in [9.17, 15) is 97.2 Å². The minimum atomic E-state index is -4.15. The van der Waals surface area contributed by atoms with Crippen LogP contribution < -0.4 is 30.4 Å². The van der Waals surface area contributed by atoms with Crippen LogP contribution in [-0.2, 0) is 87.8 Å². The first-order valence-corrected chi connectivity index (χ1v) is 33.0. The number of sulfonamides is 2. The van der Waals surface area contributed by atoms with Gasteiger partial charge >= 0.3 is 30.0 Å². The first kappa shape index (κ1) is 73.9. The average Bonchev–Trinajstić information content (AvgIpc) is 1.48. The molecule has 508 valence electrons. The van der Waals surface area contributed by atoms with Gasteiger partial charge in [-0.25, -0.2) is 76.3 Å². The zero-order chi connectivity index (χ0) is 68.6. The van der Waals surface area contributed by atoms with E-state index in [-0.39, 0.29) is 113 Å². The van der Waals surface area contributed by atoms with E-state index >= 15 is 0 Å². The molecule has 6 aliphatic rings. The van der Waals surface area contributed by atoms with Crippen molar-refractivity contribution in [1.82, 2.24) is 79.8 Å². The number of urea groups is 3. The molecule has 39 nitrogen and oxygen atoms in total. The lowest BCUT2D eigenvalue weighted by Crippen LogP contribution is -2.65. The van der Waals surface area contributed by atoms with Crippen LogP contribution in [0.4, 0.5) is 14.4 Å². The minimum absolute atomic E-state index is 0.0966. The summed E-state index contributed by atoms with van der Waals surface area (Å²) in [6.45, 7) is 2.45. The van der Waals surface area contributed by atoms with Crippen LogP contribution in [0.1, 0.15) is 90.9 Å². The summed E-state index contributed by atoms with van der Waals surface area (Å²) in [6.07, 6.45) is 0.628. The number of Topliss-reactive ketones (excluding diaryl/α,β-unsaturated/α-hetero) is 1. The summed E-state index contributed by atoms with van der Waals surface area (Å²) in [7, 11) is -9.45. The van der Waals surface area contributed by atoms with E-state index in [0.717, 1.165) is 49.4 Å². The fraction of sp³-hybridized carbons (Fsp3) is 0.580. The second-order valence-electron chi connectivity index (χ2n) is 21.2. The van der Waals surface area contributed by atoms with Crippen LogP contribution in [0.25, 0.3) is 0 Å². The van der Waals surface area contributed by atoms with Gasteiger partial charge in [-0.05, 0) is 64.5 Å². The topological polar surface area (TPSA) is 504 Å². The lowest BCUT2D eigenvalue weighted by atomic mass is 10.1. The van der Waals surface area contributed by atoms with Gasteiger partial charge in [0.05, 0.1) is 41.6 Å². The quantitative estimate of drug-likeness (QED) is 0.0450. The predicted molar refractivity (Wildman–Crippen MR) is 309 cm³/mol. The summed E-state index contributed by atoms with van der Waals surface area (Å²) >= 11 is 0. The number of fused-ring (bicyclic) bond motifs is 3. The van der Waals surface area contributed by atoms with Gasteiger partial charge in [0.15, 0.2) is 0 Å². The molecule has 12 amide bonds. The van der Waals surface area contributed by atoms with E-state index in [1.54, 1.807) is 6.07 Å². The van der Waals surface area contributed by atoms with Gasteiger partial charge in [-0.1, -0.05) is 18.2 Å². The number of hydrogen-bond donors (Lipinski definition) is 8. The number of carboxylic acid groups (broad SMARTS) is 2. The highest BCUT2D eigenvalue weighted by Gasteiger charge is 2.48. The summed E-state index contributed by atoms with van der Waals surface area (Å²) in [5.41, 5.74) is 0. The average molecular weight is 1360 g/mol. The van der Waals surface area contributed by atoms with Crippen molar-refractivity contribution in [2.24, 2.45) is 0 Å². The van der Waals surface area contributed by atoms with Crippen molar-refractivity contribution in [3.05, 3.63) is 30.3 Å². The van der Waals surface area contributed by atoms with Gasteiger partial charge in [0.25, 0.3) is 20.2 Å². The molecular formula is C50H72N16O23S3. The third kappa shape index (κ3) is 19.4. The van der Waals surface area contributed by atoms with Gasteiger partial charge in [-0.15, -0.1) is 14.5 Å². The number of hydrazine groups is 6.